The lowest BCUT2D eigenvalue weighted by Crippen LogP contribution is -2.34. The van der Waals surface area contributed by atoms with Gasteiger partial charge in [0.05, 0.1) is 6.54 Å². The van der Waals surface area contributed by atoms with Crippen molar-refractivity contribution in [3.8, 4) is 5.75 Å². The van der Waals surface area contributed by atoms with E-state index in [0.29, 0.717) is 24.6 Å². The third kappa shape index (κ3) is 2.04. The molecular formula is C18H15NO3. The molecule has 0 saturated heterocycles. The summed E-state index contributed by atoms with van der Waals surface area (Å²) in [4.78, 5) is 14.2. The van der Waals surface area contributed by atoms with Crippen LogP contribution >= 0.6 is 0 Å². The van der Waals surface area contributed by atoms with Crippen LogP contribution in [-0.2, 0) is 6.54 Å². The summed E-state index contributed by atoms with van der Waals surface area (Å²) in [6, 6.07) is 15.8. The molecule has 1 aliphatic rings. The molecule has 0 fully saturated rings. The van der Waals surface area contributed by atoms with Crippen LogP contribution < -0.4 is 15.3 Å². The fraction of sp³-hybridized carbons (Fsp3) is 0.167. The first-order valence-corrected chi connectivity index (χ1v) is 7.21. The molecule has 4 nitrogen and oxygen atoms in total. The number of hydrogen-bond donors (Lipinski definition) is 0. The van der Waals surface area contributed by atoms with E-state index in [1.54, 1.807) is 0 Å². The summed E-state index contributed by atoms with van der Waals surface area (Å²) in [5.41, 5.74) is 3.36. The molecule has 0 spiro atoms. The minimum absolute atomic E-state index is 0.336. The summed E-state index contributed by atoms with van der Waals surface area (Å²) in [5, 5.41) is 0.925. The molecule has 0 amide bonds. The van der Waals surface area contributed by atoms with E-state index >= 15 is 0 Å². The molecule has 22 heavy (non-hydrogen) atoms. The zero-order chi connectivity index (χ0) is 15.1. The number of anilines is 1. The summed E-state index contributed by atoms with van der Waals surface area (Å²) in [6.45, 7) is 3.04. The van der Waals surface area contributed by atoms with Gasteiger partial charge in [-0.2, -0.15) is 0 Å². The Balaban J connectivity index is 1.84. The summed E-state index contributed by atoms with van der Waals surface area (Å²) in [6.07, 6.45) is 0. The standard InChI is InChI=1S/C18H15NO3/c1-12-5-4-6-13(9-12)19-10-15-14-7-2-3-8-16(14)22-18(20)17(15)21-11-19/h2-9H,10-11H2,1H3. The zero-order valence-corrected chi connectivity index (χ0v) is 12.2. The summed E-state index contributed by atoms with van der Waals surface area (Å²) >= 11 is 0. The Morgan fingerprint density at radius 3 is 2.82 bits per heavy atom. The van der Waals surface area contributed by atoms with Gasteiger partial charge >= 0.3 is 5.63 Å². The van der Waals surface area contributed by atoms with E-state index in [1.165, 1.54) is 5.56 Å². The number of aryl methyl sites for hydroxylation is 1. The fourth-order valence-electron chi connectivity index (χ4n) is 2.87. The first kappa shape index (κ1) is 13.0. The number of benzene rings is 2. The Kier molecular flexibility index (Phi) is 2.89. The van der Waals surface area contributed by atoms with Crippen LogP contribution in [0.3, 0.4) is 0 Å². The van der Waals surface area contributed by atoms with Crippen molar-refractivity contribution in [3.05, 3.63) is 70.1 Å². The number of fused-ring (bicyclic) bond motifs is 3. The quantitative estimate of drug-likeness (QED) is 0.644. The number of hydrogen-bond acceptors (Lipinski definition) is 4. The Bertz CT molecular complexity index is 914. The molecule has 0 N–H and O–H groups in total. The Morgan fingerprint density at radius 1 is 1.09 bits per heavy atom. The second-order valence-electron chi connectivity index (χ2n) is 5.50. The fourth-order valence-corrected chi connectivity index (χ4v) is 2.87. The van der Waals surface area contributed by atoms with E-state index in [2.05, 4.69) is 30.0 Å². The number of rotatable bonds is 1. The van der Waals surface area contributed by atoms with Gasteiger partial charge < -0.3 is 14.1 Å². The second kappa shape index (κ2) is 4.91. The van der Waals surface area contributed by atoms with Gasteiger partial charge in [0.15, 0.2) is 6.73 Å². The highest BCUT2D eigenvalue weighted by Crippen LogP contribution is 2.31. The molecule has 2 heterocycles. The Labute approximate surface area is 127 Å². The van der Waals surface area contributed by atoms with Crippen LogP contribution in [0.1, 0.15) is 11.1 Å². The van der Waals surface area contributed by atoms with Gasteiger partial charge in [-0.05, 0) is 30.7 Å². The third-order valence-electron chi connectivity index (χ3n) is 3.95. The topological polar surface area (TPSA) is 42.7 Å². The number of nitrogens with zero attached hydrogens (tertiary/aromatic N) is 1. The molecule has 0 bridgehead atoms. The van der Waals surface area contributed by atoms with Crippen LogP contribution in [0, 0.1) is 6.92 Å². The van der Waals surface area contributed by atoms with Gasteiger partial charge in [-0.15, -0.1) is 0 Å². The van der Waals surface area contributed by atoms with Crippen LogP contribution in [-0.4, -0.2) is 6.73 Å². The first-order valence-electron chi connectivity index (χ1n) is 7.21. The molecule has 0 unspecified atom stereocenters. The van der Waals surface area contributed by atoms with Gasteiger partial charge in [0.25, 0.3) is 0 Å². The summed E-state index contributed by atoms with van der Waals surface area (Å²) < 4.78 is 11.0. The lowest BCUT2D eigenvalue weighted by molar-refractivity contribution is 0.275. The molecule has 0 aliphatic carbocycles. The van der Waals surface area contributed by atoms with Crippen LogP contribution in [0.15, 0.2) is 57.7 Å². The average molecular weight is 293 g/mol. The number of para-hydroxylation sites is 1. The smallest absolute Gasteiger partial charge is 0.379 e. The monoisotopic (exact) mass is 293 g/mol. The Hall–Kier alpha value is -2.75. The van der Waals surface area contributed by atoms with E-state index in [4.69, 9.17) is 9.15 Å². The van der Waals surface area contributed by atoms with Crippen molar-refractivity contribution in [1.82, 2.24) is 0 Å². The molecule has 4 rings (SSSR count). The maximum atomic E-state index is 12.1. The molecular weight excluding hydrogens is 278 g/mol. The highest BCUT2D eigenvalue weighted by molar-refractivity contribution is 5.82. The molecule has 0 radical (unpaired) electrons. The third-order valence-corrected chi connectivity index (χ3v) is 3.95. The lowest BCUT2D eigenvalue weighted by Gasteiger charge is -2.30. The molecule has 0 atom stereocenters. The molecule has 0 saturated carbocycles. The van der Waals surface area contributed by atoms with E-state index in [0.717, 1.165) is 16.6 Å². The molecule has 1 aliphatic heterocycles. The summed E-state index contributed by atoms with van der Waals surface area (Å²) in [7, 11) is 0. The molecule has 110 valence electrons. The molecule has 4 heteroatoms. The van der Waals surface area contributed by atoms with Crippen LogP contribution in [0.25, 0.3) is 11.0 Å². The van der Waals surface area contributed by atoms with Gasteiger partial charge in [-0.25, -0.2) is 4.79 Å². The van der Waals surface area contributed by atoms with E-state index in [-0.39, 0.29) is 0 Å². The maximum absolute atomic E-state index is 12.1. The molecule has 3 aromatic rings. The predicted octanol–water partition coefficient (Wildman–Crippen LogP) is 3.46. The largest absolute Gasteiger partial charge is 0.465 e. The van der Waals surface area contributed by atoms with Gasteiger partial charge in [0.2, 0.25) is 5.75 Å². The van der Waals surface area contributed by atoms with Crippen molar-refractivity contribution in [2.24, 2.45) is 0 Å². The normalized spacial score (nSPS) is 13.8. The van der Waals surface area contributed by atoms with Crippen molar-refractivity contribution < 1.29 is 9.15 Å². The van der Waals surface area contributed by atoms with Crippen molar-refractivity contribution in [3.63, 3.8) is 0 Å². The zero-order valence-electron chi connectivity index (χ0n) is 12.2. The van der Waals surface area contributed by atoms with Crippen LogP contribution in [0.2, 0.25) is 0 Å². The SMILES string of the molecule is Cc1cccc(N2COc3c(c4ccccc4oc3=O)C2)c1. The highest BCUT2D eigenvalue weighted by Gasteiger charge is 2.24. The predicted molar refractivity (Wildman–Crippen MR) is 85.3 cm³/mol. The van der Waals surface area contributed by atoms with E-state index in [1.807, 2.05) is 30.3 Å². The van der Waals surface area contributed by atoms with Crippen LogP contribution in [0.4, 0.5) is 5.69 Å². The van der Waals surface area contributed by atoms with E-state index in [9.17, 15) is 4.79 Å². The van der Waals surface area contributed by atoms with Crippen LogP contribution in [0.5, 0.6) is 5.75 Å². The average Bonchev–Trinajstić information content (AvgIpc) is 2.55. The number of ether oxygens (including phenoxy) is 1. The van der Waals surface area contributed by atoms with Gasteiger partial charge in [0.1, 0.15) is 5.58 Å². The van der Waals surface area contributed by atoms with Crippen molar-refractivity contribution >= 4 is 16.7 Å². The van der Waals surface area contributed by atoms with Gasteiger partial charge in [0, 0.05) is 16.6 Å². The highest BCUT2D eigenvalue weighted by atomic mass is 16.5. The minimum Gasteiger partial charge on any atom is -0.465 e. The first-order chi connectivity index (χ1) is 10.7. The molecule has 2 aromatic carbocycles. The van der Waals surface area contributed by atoms with Gasteiger partial charge in [-0.1, -0.05) is 30.3 Å². The molecule has 1 aromatic heterocycles. The lowest BCUT2D eigenvalue weighted by atomic mass is 10.1. The second-order valence-corrected chi connectivity index (χ2v) is 5.50. The summed E-state index contributed by atoms with van der Waals surface area (Å²) in [5.74, 6) is 0.336. The maximum Gasteiger partial charge on any atom is 0.379 e. The van der Waals surface area contributed by atoms with E-state index < -0.39 is 5.63 Å². The van der Waals surface area contributed by atoms with Gasteiger partial charge in [-0.3, -0.25) is 0 Å². The van der Waals surface area contributed by atoms with Crippen molar-refractivity contribution in [2.45, 2.75) is 13.5 Å². The van der Waals surface area contributed by atoms with Crippen molar-refractivity contribution in [1.29, 1.82) is 0 Å². The minimum atomic E-state index is -0.405. The van der Waals surface area contributed by atoms with Crippen molar-refractivity contribution in [2.75, 3.05) is 11.6 Å². The Morgan fingerprint density at radius 2 is 1.95 bits per heavy atom.